The van der Waals surface area contributed by atoms with E-state index in [1.807, 2.05) is 37.3 Å². The van der Waals surface area contributed by atoms with Crippen LogP contribution in [0.25, 0.3) is 28.1 Å². The molecule has 4 rings (SSSR count). The molecule has 28 heavy (non-hydrogen) atoms. The largest absolute Gasteiger partial charge is 0.372 e. The molecule has 4 nitrogen and oxygen atoms in total. The summed E-state index contributed by atoms with van der Waals surface area (Å²) in [5, 5.41) is 8.82. The summed E-state index contributed by atoms with van der Waals surface area (Å²) in [6, 6.07) is 20.7. The number of nitrogens with one attached hydrogen (secondary N) is 1. The van der Waals surface area contributed by atoms with E-state index < -0.39 is 0 Å². The van der Waals surface area contributed by atoms with Crippen molar-refractivity contribution >= 4 is 29.1 Å². The molecule has 0 amide bonds. The lowest BCUT2D eigenvalue weighted by Gasteiger charge is -2.24. The van der Waals surface area contributed by atoms with E-state index in [4.69, 9.17) is 10.4 Å². The van der Waals surface area contributed by atoms with Crippen molar-refractivity contribution < 1.29 is 0 Å². The Labute approximate surface area is 171 Å². The Morgan fingerprint density at radius 2 is 1.68 bits per heavy atom. The summed E-state index contributed by atoms with van der Waals surface area (Å²) in [6.45, 7) is 8.23. The summed E-state index contributed by atoms with van der Waals surface area (Å²) in [7, 11) is 0. The topological polar surface area (TPSA) is 44.9 Å². The second kappa shape index (κ2) is 8.03. The first-order valence-corrected chi connectivity index (χ1v) is 9.44. The molecule has 2 aromatic carbocycles. The van der Waals surface area contributed by atoms with Crippen LogP contribution in [0.2, 0.25) is 0 Å². The van der Waals surface area contributed by atoms with Gasteiger partial charge in [0.05, 0.1) is 27.8 Å². The van der Waals surface area contributed by atoms with Crippen LogP contribution in [0.5, 0.6) is 0 Å². The first kappa shape index (κ1) is 19.9. The molecular formula is C23H25ClN4. The van der Waals surface area contributed by atoms with Crippen molar-refractivity contribution in [2.75, 3.05) is 18.0 Å². The Morgan fingerprint density at radius 3 is 2.36 bits per heavy atom. The minimum absolute atomic E-state index is 0. The lowest BCUT2D eigenvalue weighted by Crippen LogP contribution is -2.22. The number of benzene rings is 3. The van der Waals surface area contributed by atoms with Gasteiger partial charge in [-0.05, 0) is 68.8 Å². The average molecular weight is 393 g/mol. The maximum atomic E-state index is 8.29. The molecule has 0 spiro atoms. The molecule has 0 radical (unpaired) electrons. The summed E-state index contributed by atoms with van der Waals surface area (Å²) < 4.78 is 2.22. The van der Waals surface area contributed by atoms with Crippen LogP contribution in [0, 0.1) is 12.3 Å². The summed E-state index contributed by atoms with van der Waals surface area (Å²) in [4.78, 5) is 7.23. The molecule has 1 N–H and O–H groups in total. The lowest BCUT2D eigenvalue weighted by atomic mass is 10.1. The van der Waals surface area contributed by atoms with Crippen molar-refractivity contribution in [1.82, 2.24) is 9.55 Å². The van der Waals surface area contributed by atoms with Gasteiger partial charge < -0.3 is 14.9 Å². The monoisotopic (exact) mass is 392 g/mol. The van der Waals surface area contributed by atoms with Crippen LogP contribution < -0.4 is 10.3 Å². The van der Waals surface area contributed by atoms with Crippen molar-refractivity contribution in [2.24, 2.45) is 0 Å². The number of hydrogen-bond donors (Lipinski definition) is 1. The molecule has 0 atom stereocenters. The van der Waals surface area contributed by atoms with Gasteiger partial charge in [-0.25, -0.2) is 4.98 Å². The molecule has 144 valence electrons. The van der Waals surface area contributed by atoms with Crippen LogP contribution in [0.1, 0.15) is 19.4 Å². The van der Waals surface area contributed by atoms with Gasteiger partial charge in [0.2, 0.25) is 0 Å². The smallest absolute Gasteiger partial charge is 0.0882 e. The van der Waals surface area contributed by atoms with Gasteiger partial charge in [0, 0.05) is 24.5 Å². The molecule has 0 unspecified atom stereocenters. The van der Waals surface area contributed by atoms with Crippen LogP contribution in [-0.2, 0) is 0 Å². The number of rotatable bonds is 4. The van der Waals surface area contributed by atoms with Gasteiger partial charge in [-0.3, -0.25) is 0 Å². The van der Waals surface area contributed by atoms with E-state index in [1.165, 1.54) is 5.69 Å². The normalized spacial score (nSPS) is 10.8. The highest BCUT2D eigenvalue weighted by molar-refractivity contribution is 5.86. The SMILES string of the molecule is CCN(CC)c1ccc2nc3cc(C)c(=N)cc-3n(-c3ccccc3)c2c1.Cl. The standard InChI is InChI=1S/C23H24N4.ClH/c1-4-26(5-2)18-11-12-20-22(14-18)27(17-9-7-6-8-10-17)23-15-19(24)16(3)13-21(23)25-20;/h6-15,24H,4-5H2,1-3H3;1H. The van der Waals surface area contributed by atoms with Crippen LogP contribution in [0.4, 0.5) is 5.69 Å². The number of nitrogens with zero attached hydrogens (tertiary/aromatic N) is 3. The van der Waals surface area contributed by atoms with Crippen LogP contribution in [-0.4, -0.2) is 22.6 Å². The average Bonchev–Trinajstić information content (AvgIpc) is 2.69. The number of para-hydroxylation sites is 1. The number of hydrogen-bond acceptors (Lipinski definition) is 3. The van der Waals surface area contributed by atoms with Gasteiger partial charge in [0.1, 0.15) is 0 Å². The minimum Gasteiger partial charge on any atom is -0.372 e. The Kier molecular flexibility index (Phi) is 5.71. The first-order valence-electron chi connectivity index (χ1n) is 9.44. The predicted molar refractivity (Wildman–Crippen MR) is 119 cm³/mol. The maximum Gasteiger partial charge on any atom is 0.0882 e. The van der Waals surface area contributed by atoms with E-state index in [-0.39, 0.29) is 12.4 Å². The maximum absolute atomic E-state index is 8.29. The van der Waals surface area contributed by atoms with E-state index in [0.717, 1.165) is 46.8 Å². The fourth-order valence-corrected chi connectivity index (χ4v) is 3.64. The molecule has 0 fully saturated rings. The number of anilines is 1. The zero-order valence-electron chi connectivity index (χ0n) is 16.4. The van der Waals surface area contributed by atoms with E-state index in [9.17, 15) is 0 Å². The van der Waals surface area contributed by atoms with E-state index in [1.54, 1.807) is 0 Å². The third-order valence-corrected chi connectivity index (χ3v) is 5.15. The van der Waals surface area contributed by atoms with Gasteiger partial charge in [-0.1, -0.05) is 18.2 Å². The Balaban J connectivity index is 0.00000225. The number of fused-ring (bicyclic) bond motifs is 2. The molecule has 1 aliphatic carbocycles. The number of halogens is 1. The summed E-state index contributed by atoms with van der Waals surface area (Å²) >= 11 is 0. The highest BCUT2D eigenvalue weighted by Gasteiger charge is 2.16. The van der Waals surface area contributed by atoms with E-state index in [0.29, 0.717) is 5.36 Å². The third kappa shape index (κ3) is 3.36. The summed E-state index contributed by atoms with van der Waals surface area (Å²) in [6.07, 6.45) is 0. The van der Waals surface area contributed by atoms with Gasteiger partial charge in [-0.2, -0.15) is 0 Å². The van der Waals surface area contributed by atoms with Crippen molar-refractivity contribution in [3.05, 3.63) is 71.6 Å². The second-order valence-corrected chi connectivity index (χ2v) is 6.78. The summed E-state index contributed by atoms with van der Waals surface area (Å²) in [5.74, 6) is 0. The van der Waals surface area contributed by atoms with Gasteiger partial charge in [0.15, 0.2) is 0 Å². The fraction of sp³-hybridized carbons (Fsp3) is 0.217. The zero-order valence-corrected chi connectivity index (χ0v) is 17.3. The zero-order chi connectivity index (χ0) is 19.0. The fourth-order valence-electron chi connectivity index (χ4n) is 3.64. The van der Waals surface area contributed by atoms with Crippen molar-refractivity contribution in [3.63, 3.8) is 0 Å². The Bertz CT molecular complexity index is 1130. The van der Waals surface area contributed by atoms with E-state index in [2.05, 4.69) is 53.6 Å². The van der Waals surface area contributed by atoms with Gasteiger partial charge in [0.25, 0.3) is 0 Å². The van der Waals surface area contributed by atoms with Crippen molar-refractivity contribution in [3.8, 4) is 17.1 Å². The van der Waals surface area contributed by atoms with Crippen LogP contribution in [0.3, 0.4) is 0 Å². The van der Waals surface area contributed by atoms with Gasteiger partial charge >= 0.3 is 0 Å². The molecule has 1 heterocycles. The highest BCUT2D eigenvalue weighted by Crippen LogP contribution is 2.31. The lowest BCUT2D eigenvalue weighted by molar-refractivity contribution is 0.866. The summed E-state index contributed by atoms with van der Waals surface area (Å²) in [5.41, 5.74) is 7.09. The van der Waals surface area contributed by atoms with Crippen LogP contribution in [0.15, 0.2) is 60.7 Å². The van der Waals surface area contributed by atoms with Crippen LogP contribution >= 0.6 is 12.4 Å². The minimum atomic E-state index is 0. The highest BCUT2D eigenvalue weighted by atomic mass is 35.5. The molecule has 2 aromatic rings. The number of aromatic nitrogens is 2. The molecule has 0 saturated heterocycles. The first-order chi connectivity index (χ1) is 13.1. The second-order valence-electron chi connectivity index (χ2n) is 6.78. The van der Waals surface area contributed by atoms with E-state index >= 15 is 0 Å². The van der Waals surface area contributed by atoms with Gasteiger partial charge in [-0.15, -0.1) is 12.4 Å². The molecule has 1 aliphatic heterocycles. The molecule has 0 aromatic heterocycles. The molecule has 2 aliphatic rings. The molecular weight excluding hydrogens is 368 g/mol. The molecule has 5 heteroatoms. The Morgan fingerprint density at radius 1 is 0.964 bits per heavy atom. The van der Waals surface area contributed by atoms with Crippen molar-refractivity contribution in [1.29, 1.82) is 5.41 Å². The van der Waals surface area contributed by atoms with Crippen molar-refractivity contribution in [2.45, 2.75) is 20.8 Å². The molecule has 0 bridgehead atoms. The predicted octanol–water partition coefficient (Wildman–Crippen LogP) is 5.19. The third-order valence-electron chi connectivity index (χ3n) is 5.15. The molecule has 0 saturated carbocycles. The quantitative estimate of drug-likeness (QED) is 0.486. The Hall–Kier alpha value is -2.85. The number of aryl methyl sites for hydroxylation is 1.